The molecule has 1 amide bonds. The molecule has 12 heteroatoms. The summed E-state index contributed by atoms with van der Waals surface area (Å²) in [7, 11) is 0. The van der Waals surface area contributed by atoms with Crippen LogP contribution >= 0.6 is 22.9 Å². The van der Waals surface area contributed by atoms with Crippen molar-refractivity contribution in [3.63, 3.8) is 0 Å². The summed E-state index contributed by atoms with van der Waals surface area (Å²) in [5, 5.41) is 11.7. The number of ketones is 1. The third kappa shape index (κ3) is 8.09. The molecule has 1 saturated carbocycles. The van der Waals surface area contributed by atoms with E-state index in [1.807, 2.05) is 54.6 Å². The normalized spacial score (nSPS) is 18.2. The second-order valence-corrected chi connectivity index (χ2v) is 12.2. The Balaban J connectivity index is 0.000000517. The smallest absolute Gasteiger partial charge is 0.475 e. The summed E-state index contributed by atoms with van der Waals surface area (Å²) in [5.41, 5.74) is 7.35. The summed E-state index contributed by atoms with van der Waals surface area (Å²) in [4.78, 5) is 39.0. The standard InChI is InChI=1S/C28H32ClN3O2S.C2HF3O2/c29-21-11-10-20-16-24(35-23(20)17-21)28(34)31-26(19-6-2-1-3-7-19)27(33)25(30)18-12-14-32(15-13-18)22-8-4-5-9-22;3-2(4,5)1(6)7/h1-3,6-7,10-11,16-18,22,25-26H,4-5,8-9,12-15,30H2,(H,31,34);(H,6,7)/t25?,26-;/m1./s1. The van der Waals surface area contributed by atoms with Crippen LogP contribution in [0, 0.1) is 5.92 Å². The van der Waals surface area contributed by atoms with Crippen molar-refractivity contribution in [1.82, 2.24) is 10.2 Å². The zero-order valence-corrected chi connectivity index (χ0v) is 24.4. The molecule has 7 nitrogen and oxygen atoms in total. The molecule has 226 valence electrons. The molecule has 42 heavy (non-hydrogen) atoms. The fraction of sp³-hybridized carbons (Fsp3) is 0.433. The monoisotopic (exact) mass is 623 g/mol. The van der Waals surface area contributed by atoms with E-state index < -0.39 is 24.2 Å². The lowest BCUT2D eigenvalue weighted by atomic mass is 9.83. The third-order valence-electron chi connectivity index (χ3n) is 7.89. The highest BCUT2D eigenvalue weighted by atomic mass is 35.5. The number of thiophene rings is 1. The van der Waals surface area contributed by atoms with Gasteiger partial charge in [-0.2, -0.15) is 13.2 Å². The third-order valence-corrected chi connectivity index (χ3v) is 9.22. The van der Waals surface area contributed by atoms with E-state index in [0.29, 0.717) is 15.9 Å². The summed E-state index contributed by atoms with van der Waals surface area (Å²) >= 11 is 7.48. The molecular formula is C30H33ClF3N3O4S. The maximum Gasteiger partial charge on any atom is 0.490 e. The Morgan fingerprint density at radius 1 is 1.00 bits per heavy atom. The Bertz CT molecular complexity index is 1390. The molecule has 4 N–H and O–H groups in total. The molecule has 2 atom stereocenters. The minimum atomic E-state index is -5.08. The van der Waals surface area contributed by atoms with Gasteiger partial charge in [0.15, 0.2) is 5.78 Å². The van der Waals surface area contributed by atoms with Crippen LogP contribution in [-0.2, 0) is 9.59 Å². The first-order valence-electron chi connectivity index (χ1n) is 13.8. The number of rotatable bonds is 7. The minimum Gasteiger partial charge on any atom is -0.475 e. The van der Waals surface area contributed by atoms with Crippen LogP contribution in [0.1, 0.15) is 59.8 Å². The lowest BCUT2D eigenvalue weighted by molar-refractivity contribution is -0.192. The quantitative estimate of drug-likeness (QED) is 0.288. The molecule has 1 unspecified atom stereocenters. The Hall–Kier alpha value is -2.99. The number of likely N-dealkylation sites (tertiary alicyclic amines) is 1. The predicted octanol–water partition coefficient (Wildman–Crippen LogP) is 6.21. The van der Waals surface area contributed by atoms with Crippen molar-refractivity contribution in [2.24, 2.45) is 11.7 Å². The number of nitrogens with zero attached hydrogens (tertiary/aromatic N) is 1. The fourth-order valence-corrected chi connectivity index (χ4v) is 6.86. The zero-order valence-electron chi connectivity index (χ0n) is 22.8. The molecule has 2 heterocycles. The van der Waals surface area contributed by atoms with Crippen LogP contribution in [0.2, 0.25) is 5.02 Å². The summed E-state index contributed by atoms with van der Waals surface area (Å²) in [6, 6.07) is 16.2. The van der Waals surface area contributed by atoms with Crippen LogP contribution in [-0.4, -0.2) is 59.0 Å². The number of alkyl halides is 3. The molecule has 2 aromatic carbocycles. The number of carbonyl (C=O) groups is 3. The number of amides is 1. The van der Waals surface area contributed by atoms with Crippen LogP contribution in [0.4, 0.5) is 13.2 Å². The Kier molecular flexibility index (Phi) is 10.6. The molecule has 1 aliphatic heterocycles. The highest BCUT2D eigenvalue weighted by molar-refractivity contribution is 7.20. The average molecular weight is 624 g/mol. The van der Waals surface area contributed by atoms with E-state index in [-0.39, 0.29) is 17.6 Å². The van der Waals surface area contributed by atoms with Gasteiger partial charge < -0.3 is 21.1 Å². The van der Waals surface area contributed by atoms with Crippen LogP contribution in [0.5, 0.6) is 0 Å². The zero-order chi connectivity index (χ0) is 30.4. The molecule has 0 bridgehead atoms. The van der Waals surface area contributed by atoms with Gasteiger partial charge in [-0.1, -0.05) is 60.8 Å². The molecule has 1 aromatic heterocycles. The number of carboxylic acid groups (broad SMARTS) is 1. The second kappa shape index (κ2) is 14.0. The van der Waals surface area contributed by atoms with Crippen LogP contribution in [0.15, 0.2) is 54.6 Å². The van der Waals surface area contributed by atoms with Gasteiger partial charge in [-0.05, 0) is 73.8 Å². The van der Waals surface area contributed by atoms with Crippen molar-refractivity contribution in [2.75, 3.05) is 13.1 Å². The first kappa shape index (κ1) is 31.9. The molecule has 2 fully saturated rings. The fourth-order valence-electron chi connectivity index (χ4n) is 5.62. The van der Waals surface area contributed by atoms with Crippen LogP contribution in [0.25, 0.3) is 10.1 Å². The molecule has 0 radical (unpaired) electrons. The van der Waals surface area contributed by atoms with E-state index >= 15 is 0 Å². The molecule has 0 spiro atoms. The first-order chi connectivity index (χ1) is 19.9. The lowest BCUT2D eigenvalue weighted by Crippen LogP contribution is -2.50. The number of benzene rings is 2. The van der Waals surface area contributed by atoms with Gasteiger partial charge in [0.05, 0.1) is 10.9 Å². The largest absolute Gasteiger partial charge is 0.490 e. The van der Waals surface area contributed by atoms with Gasteiger partial charge in [0.2, 0.25) is 0 Å². The number of carboxylic acids is 1. The van der Waals surface area contributed by atoms with E-state index in [0.717, 1.165) is 41.6 Å². The van der Waals surface area contributed by atoms with E-state index in [1.165, 1.54) is 37.0 Å². The Morgan fingerprint density at radius 3 is 2.21 bits per heavy atom. The van der Waals surface area contributed by atoms with E-state index in [2.05, 4.69) is 10.2 Å². The number of nitrogens with two attached hydrogens (primary N) is 1. The highest BCUT2D eigenvalue weighted by Crippen LogP contribution is 2.31. The van der Waals surface area contributed by atoms with Gasteiger partial charge >= 0.3 is 12.1 Å². The lowest BCUT2D eigenvalue weighted by Gasteiger charge is -2.38. The van der Waals surface area contributed by atoms with Crippen LogP contribution in [0.3, 0.4) is 0 Å². The number of carbonyl (C=O) groups excluding carboxylic acids is 2. The summed E-state index contributed by atoms with van der Waals surface area (Å²) < 4.78 is 32.7. The Morgan fingerprint density at radius 2 is 1.62 bits per heavy atom. The van der Waals surface area contributed by atoms with Gasteiger partial charge in [-0.25, -0.2) is 4.79 Å². The van der Waals surface area contributed by atoms with Crippen LogP contribution < -0.4 is 11.1 Å². The van der Waals surface area contributed by atoms with Gasteiger partial charge in [-0.15, -0.1) is 11.3 Å². The maximum absolute atomic E-state index is 13.7. The molecule has 1 saturated heterocycles. The van der Waals surface area contributed by atoms with Gasteiger partial charge in [0.1, 0.15) is 6.04 Å². The molecule has 3 aromatic rings. The Labute approximate surface area is 250 Å². The molecule has 1 aliphatic carbocycles. The predicted molar refractivity (Wildman–Crippen MR) is 157 cm³/mol. The number of hydrogen-bond acceptors (Lipinski definition) is 6. The number of fused-ring (bicyclic) bond motifs is 1. The number of aliphatic carboxylic acids is 1. The average Bonchev–Trinajstić information content (AvgIpc) is 3.66. The first-order valence-corrected chi connectivity index (χ1v) is 15.0. The van der Waals surface area contributed by atoms with E-state index in [9.17, 15) is 22.8 Å². The second-order valence-electron chi connectivity index (χ2n) is 10.7. The van der Waals surface area contributed by atoms with Crippen molar-refractivity contribution in [3.8, 4) is 0 Å². The van der Waals surface area contributed by atoms with Gasteiger partial charge in [0.25, 0.3) is 5.91 Å². The SMILES string of the molecule is NC(C(=O)[C@H](NC(=O)c1cc2ccc(Cl)cc2s1)c1ccccc1)C1CCN(C2CCCC2)CC1.O=C(O)C(F)(F)F. The topological polar surface area (TPSA) is 113 Å². The molecule has 5 rings (SSSR count). The number of hydrogen-bond donors (Lipinski definition) is 3. The maximum atomic E-state index is 13.7. The highest BCUT2D eigenvalue weighted by Gasteiger charge is 2.38. The number of piperidine rings is 1. The minimum absolute atomic E-state index is 0.118. The summed E-state index contributed by atoms with van der Waals surface area (Å²) in [6.45, 7) is 2.01. The summed E-state index contributed by atoms with van der Waals surface area (Å²) in [6.07, 6.45) is 2.01. The van der Waals surface area contributed by atoms with E-state index in [4.69, 9.17) is 27.2 Å². The van der Waals surface area contributed by atoms with Gasteiger partial charge in [-0.3, -0.25) is 9.59 Å². The van der Waals surface area contributed by atoms with Crippen molar-refractivity contribution >= 4 is 50.7 Å². The number of nitrogens with one attached hydrogen (secondary N) is 1. The number of Topliss-reactive ketones (excluding diaryl/α,β-unsaturated/α-hetero) is 1. The van der Waals surface area contributed by atoms with Crippen molar-refractivity contribution < 1.29 is 32.7 Å². The van der Waals surface area contributed by atoms with E-state index in [1.54, 1.807) is 0 Å². The number of halogens is 4. The van der Waals surface area contributed by atoms with Crippen molar-refractivity contribution in [3.05, 3.63) is 70.1 Å². The van der Waals surface area contributed by atoms with Crippen molar-refractivity contribution in [1.29, 1.82) is 0 Å². The van der Waals surface area contributed by atoms with Crippen molar-refractivity contribution in [2.45, 2.75) is 62.8 Å². The van der Waals surface area contributed by atoms with Gasteiger partial charge in [0, 0.05) is 15.8 Å². The molecule has 2 aliphatic rings. The summed E-state index contributed by atoms with van der Waals surface area (Å²) in [5.74, 6) is -3.01. The molecular weight excluding hydrogens is 591 g/mol.